The van der Waals surface area contributed by atoms with Crippen LogP contribution in [0.5, 0.6) is 0 Å². The summed E-state index contributed by atoms with van der Waals surface area (Å²) in [6.07, 6.45) is 9.32. The molecule has 0 radical (unpaired) electrons. The molecule has 1 aromatic rings. The first kappa shape index (κ1) is 11.5. The van der Waals surface area contributed by atoms with E-state index in [-0.39, 0.29) is 0 Å². The van der Waals surface area contributed by atoms with Gasteiger partial charge in [0.2, 0.25) is 0 Å². The molecule has 0 saturated heterocycles. The fourth-order valence-corrected chi connectivity index (χ4v) is 1.63. The topological polar surface area (TPSA) is 0 Å². The quantitative estimate of drug-likeness (QED) is 0.401. The molecule has 1 aromatic carbocycles. The van der Waals surface area contributed by atoms with Gasteiger partial charge in [0, 0.05) is 5.33 Å². The Balaban J connectivity index is 2.10. The highest BCUT2D eigenvalue weighted by Gasteiger charge is 1.89. The second kappa shape index (κ2) is 7.81. The smallest absolute Gasteiger partial charge is 0.00659 e. The molecule has 1 rings (SSSR count). The van der Waals surface area contributed by atoms with Crippen molar-refractivity contribution in [1.29, 1.82) is 0 Å². The summed E-state index contributed by atoms with van der Waals surface area (Å²) in [6, 6.07) is 10.7. The van der Waals surface area contributed by atoms with Crippen molar-refractivity contribution in [2.24, 2.45) is 0 Å². The van der Waals surface area contributed by atoms with Crippen molar-refractivity contribution in [2.75, 3.05) is 5.33 Å². The van der Waals surface area contributed by atoms with Gasteiger partial charge in [0.15, 0.2) is 0 Å². The Hall–Kier alpha value is -0.560. The molecule has 0 bridgehead atoms. The molecule has 0 fully saturated rings. The number of halogens is 1. The third kappa shape index (κ3) is 5.23. The van der Waals surface area contributed by atoms with E-state index in [1.807, 2.05) is 0 Å². The van der Waals surface area contributed by atoms with Crippen LogP contribution in [0, 0.1) is 0 Å². The number of benzene rings is 1. The zero-order chi connectivity index (χ0) is 10.1. The van der Waals surface area contributed by atoms with Crippen molar-refractivity contribution in [1.82, 2.24) is 0 Å². The van der Waals surface area contributed by atoms with Gasteiger partial charge in [-0.05, 0) is 31.2 Å². The highest BCUT2D eigenvalue weighted by molar-refractivity contribution is 9.09. The van der Waals surface area contributed by atoms with E-state index < -0.39 is 0 Å². The Kier molecular flexibility index (Phi) is 6.42. The summed E-state index contributed by atoms with van der Waals surface area (Å²) in [4.78, 5) is 0. The number of hydrogen-bond donors (Lipinski definition) is 0. The van der Waals surface area contributed by atoms with Gasteiger partial charge in [-0.3, -0.25) is 0 Å². The zero-order valence-corrected chi connectivity index (χ0v) is 10.0. The molecule has 0 amide bonds. The first-order valence-corrected chi connectivity index (χ1v) is 6.30. The Morgan fingerprint density at radius 3 is 2.43 bits per heavy atom. The second-order valence-electron chi connectivity index (χ2n) is 3.33. The van der Waals surface area contributed by atoms with Crippen LogP contribution in [-0.4, -0.2) is 5.33 Å². The summed E-state index contributed by atoms with van der Waals surface area (Å²) in [5.41, 5.74) is 1.45. The zero-order valence-electron chi connectivity index (χ0n) is 8.45. The maximum atomic E-state index is 3.40. The summed E-state index contributed by atoms with van der Waals surface area (Å²) < 4.78 is 0. The van der Waals surface area contributed by atoms with Crippen LogP contribution >= 0.6 is 15.9 Å². The molecule has 0 aliphatic rings. The fraction of sp³-hybridized carbons (Fsp3) is 0.385. The van der Waals surface area contributed by atoms with Gasteiger partial charge in [-0.1, -0.05) is 58.4 Å². The van der Waals surface area contributed by atoms with Crippen molar-refractivity contribution in [3.8, 4) is 0 Å². The monoisotopic (exact) mass is 252 g/mol. The number of unbranched alkanes of at least 4 members (excludes halogenated alkanes) is 1. The van der Waals surface area contributed by atoms with Crippen LogP contribution in [0.15, 0.2) is 42.5 Å². The van der Waals surface area contributed by atoms with E-state index in [1.54, 1.807) is 0 Å². The van der Waals surface area contributed by atoms with E-state index in [0.717, 1.165) is 11.8 Å². The summed E-state index contributed by atoms with van der Waals surface area (Å²) in [6.45, 7) is 0. The largest absolute Gasteiger partial charge is 0.0925 e. The highest BCUT2D eigenvalue weighted by atomic mass is 79.9. The summed E-state index contributed by atoms with van der Waals surface area (Å²) in [5.74, 6) is 0. The van der Waals surface area contributed by atoms with E-state index >= 15 is 0 Å². The van der Waals surface area contributed by atoms with Gasteiger partial charge in [0.05, 0.1) is 0 Å². The van der Waals surface area contributed by atoms with Gasteiger partial charge in [-0.15, -0.1) is 0 Å². The van der Waals surface area contributed by atoms with Gasteiger partial charge in [0.25, 0.3) is 0 Å². The lowest BCUT2D eigenvalue weighted by Crippen LogP contribution is -1.82. The summed E-state index contributed by atoms with van der Waals surface area (Å²) >= 11 is 3.40. The molecular weight excluding hydrogens is 236 g/mol. The standard InChI is InChI=1S/C13H17Br/c14-12-8-3-1-2-5-9-13-10-6-4-7-11-13/h1,3-4,6-7,10-11H,2,5,8-9,12H2. The molecule has 0 aliphatic heterocycles. The normalized spacial score (nSPS) is 10.9. The Morgan fingerprint density at radius 2 is 1.71 bits per heavy atom. The second-order valence-corrected chi connectivity index (χ2v) is 4.12. The first-order valence-electron chi connectivity index (χ1n) is 5.18. The highest BCUT2D eigenvalue weighted by Crippen LogP contribution is 2.05. The number of rotatable bonds is 6. The number of hydrogen-bond acceptors (Lipinski definition) is 0. The summed E-state index contributed by atoms with van der Waals surface area (Å²) in [7, 11) is 0. The molecule has 0 nitrogen and oxygen atoms in total. The Bertz CT molecular complexity index is 251. The lowest BCUT2D eigenvalue weighted by molar-refractivity contribution is 0.840. The Morgan fingerprint density at radius 1 is 1.00 bits per heavy atom. The molecule has 14 heavy (non-hydrogen) atoms. The maximum absolute atomic E-state index is 3.40. The molecule has 1 heteroatoms. The lowest BCUT2D eigenvalue weighted by atomic mass is 10.1. The third-order valence-electron chi connectivity index (χ3n) is 2.12. The number of aryl methyl sites for hydroxylation is 1. The van der Waals surface area contributed by atoms with Crippen LogP contribution in [-0.2, 0) is 6.42 Å². The van der Waals surface area contributed by atoms with E-state index in [1.165, 1.54) is 24.8 Å². The van der Waals surface area contributed by atoms with Crippen LogP contribution in [0.2, 0.25) is 0 Å². The van der Waals surface area contributed by atoms with Crippen molar-refractivity contribution < 1.29 is 0 Å². The predicted octanol–water partition coefficient (Wildman–Crippen LogP) is 4.35. The Labute approximate surface area is 95.2 Å². The van der Waals surface area contributed by atoms with Gasteiger partial charge in [0.1, 0.15) is 0 Å². The average Bonchev–Trinajstić information content (AvgIpc) is 2.25. The molecule has 0 atom stereocenters. The van der Waals surface area contributed by atoms with Crippen LogP contribution in [0.25, 0.3) is 0 Å². The van der Waals surface area contributed by atoms with Gasteiger partial charge < -0.3 is 0 Å². The van der Waals surface area contributed by atoms with E-state index in [0.29, 0.717) is 0 Å². The molecule has 0 unspecified atom stereocenters. The van der Waals surface area contributed by atoms with Crippen molar-refractivity contribution >= 4 is 15.9 Å². The number of allylic oxidation sites excluding steroid dienone is 2. The SMILES string of the molecule is BrCCC=CCCCc1ccccc1. The molecule has 76 valence electrons. The molecule has 0 N–H and O–H groups in total. The lowest BCUT2D eigenvalue weighted by Gasteiger charge is -1.97. The van der Waals surface area contributed by atoms with Gasteiger partial charge >= 0.3 is 0 Å². The number of alkyl halides is 1. The predicted molar refractivity (Wildman–Crippen MR) is 66.9 cm³/mol. The molecular formula is C13H17Br. The van der Waals surface area contributed by atoms with E-state index in [9.17, 15) is 0 Å². The van der Waals surface area contributed by atoms with E-state index in [2.05, 4.69) is 58.4 Å². The van der Waals surface area contributed by atoms with Gasteiger partial charge in [-0.25, -0.2) is 0 Å². The van der Waals surface area contributed by atoms with E-state index in [4.69, 9.17) is 0 Å². The van der Waals surface area contributed by atoms with Crippen LogP contribution in [0.3, 0.4) is 0 Å². The first-order chi connectivity index (χ1) is 6.93. The molecule has 0 heterocycles. The average molecular weight is 253 g/mol. The van der Waals surface area contributed by atoms with Crippen LogP contribution < -0.4 is 0 Å². The van der Waals surface area contributed by atoms with Crippen molar-refractivity contribution in [2.45, 2.75) is 25.7 Å². The molecule has 0 aliphatic carbocycles. The van der Waals surface area contributed by atoms with Crippen molar-refractivity contribution in [3.05, 3.63) is 48.0 Å². The van der Waals surface area contributed by atoms with Crippen LogP contribution in [0.1, 0.15) is 24.8 Å². The van der Waals surface area contributed by atoms with Crippen LogP contribution in [0.4, 0.5) is 0 Å². The summed E-state index contributed by atoms with van der Waals surface area (Å²) in [5, 5.41) is 1.07. The minimum atomic E-state index is 1.07. The van der Waals surface area contributed by atoms with Crippen molar-refractivity contribution in [3.63, 3.8) is 0 Å². The maximum Gasteiger partial charge on any atom is 0.00659 e. The minimum Gasteiger partial charge on any atom is -0.0925 e. The minimum absolute atomic E-state index is 1.07. The molecule has 0 aromatic heterocycles. The third-order valence-corrected chi connectivity index (χ3v) is 2.58. The van der Waals surface area contributed by atoms with Gasteiger partial charge in [-0.2, -0.15) is 0 Å². The molecule has 0 spiro atoms. The molecule has 0 saturated carbocycles. The fourth-order valence-electron chi connectivity index (χ4n) is 1.37.